The lowest BCUT2D eigenvalue weighted by Crippen LogP contribution is -2.33. The van der Waals surface area contributed by atoms with E-state index in [1.807, 2.05) is 18.2 Å². The summed E-state index contributed by atoms with van der Waals surface area (Å²) in [6, 6.07) is 6.26. The molecule has 17 heavy (non-hydrogen) atoms. The average Bonchev–Trinajstić information content (AvgIpc) is 2.34. The predicted octanol–water partition coefficient (Wildman–Crippen LogP) is 1.22. The molecule has 0 atom stereocenters. The van der Waals surface area contributed by atoms with Crippen molar-refractivity contribution in [2.75, 3.05) is 25.7 Å². The fourth-order valence-corrected chi connectivity index (χ4v) is 1.58. The van der Waals surface area contributed by atoms with Crippen molar-refractivity contribution in [1.82, 2.24) is 9.88 Å². The normalized spacial score (nSPS) is 11.2. The topological polar surface area (TPSA) is 63.4 Å². The van der Waals surface area contributed by atoms with Crippen LogP contribution in [0.3, 0.4) is 0 Å². The van der Waals surface area contributed by atoms with Crippen LogP contribution in [0.1, 0.15) is 19.5 Å². The number of hydrogen-bond acceptors (Lipinski definition) is 5. The Morgan fingerprint density at radius 2 is 2.24 bits per heavy atom. The summed E-state index contributed by atoms with van der Waals surface area (Å²) in [5.74, 6) is 6.04. The van der Waals surface area contributed by atoms with Gasteiger partial charge in [0, 0.05) is 26.2 Å². The zero-order valence-corrected chi connectivity index (χ0v) is 10.8. The molecule has 0 aliphatic rings. The van der Waals surface area contributed by atoms with Gasteiger partial charge in [-0.1, -0.05) is 6.07 Å². The number of nitrogens with one attached hydrogen (secondary N) is 1. The third-order valence-corrected chi connectivity index (χ3v) is 2.63. The SMILES string of the molecule is COCCN(Cc1cccc(NN)n1)C(C)C. The molecule has 5 nitrogen and oxygen atoms in total. The summed E-state index contributed by atoms with van der Waals surface area (Å²) >= 11 is 0. The van der Waals surface area contributed by atoms with Gasteiger partial charge in [-0.3, -0.25) is 4.90 Å². The molecule has 0 saturated heterocycles. The third-order valence-electron chi connectivity index (χ3n) is 2.63. The zero-order valence-electron chi connectivity index (χ0n) is 10.8. The van der Waals surface area contributed by atoms with Crippen LogP contribution in [0.4, 0.5) is 5.82 Å². The summed E-state index contributed by atoms with van der Waals surface area (Å²) < 4.78 is 5.11. The second-order valence-corrected chi connectivity index (χ2v) is 4.22. The number of ether oxygens (including phenoxy) is 1. The van der Waals surface area contributed by atoms with Crippen molar-refractivity contribution in [2.45, 2.75) is 26.4 Å². The van der Waals surface area contributed by atoms with E-state index in [9.17, 15) is 0 Å². The van der Waals surface area contributed by atoms with Crippen molar-refractivity contribution in [1.29, 1.82) is 0 Å². The molecule has 96 valence electrons. The van der Waals surface area contributed by atoms with Crippen LogP contribution < -0.4 is 11.3 Å². The minimum Gasteiger partial charge on any atom is -0.383 e. The maximum absolute atomic E-state index is 5.34. The fourth-order valence-electron chi connectivity index (χ4n) is 1.58. The first-order valence-corrected chi connectivity index (χ1v) is 5.83. The number of nitrogen functional groups attached to an aromatic ring is 1. The maximum atomic E-state index is 5.34. The van der Waals surface area contributed by atoms with Gasteiger partial charge >= 0.3 is 0 Å². The van der Waals surface area contributed by atoms with Crippen LogP contribution >= 0.6 is 0 Å². The minimum absolute atomic E-state index is 0.460. The number of methoxy groups -OCH3 is 1. The van der Waals surface area contributed by atoms with Gasteiger partial charge in [0.05, 0.1) is 12.3 Å². The van der Waals surface area contributed by atoms with E-state index in [2.05, 4.69) is 29.2 Å². The number of nitrogens with zero attached hydrogens (tertiary/aromatic N) is 2. The van der Waals surface area contributed by atoms with Crippen molar-refractivity contribution >= 4 is 5.82 Å². The Morgan fingerprint density at radius 3 is 2.82 bits per heavy atom. The smallest absolute Gasteiger partial charge is 0.140 e. The Hall–Kier alpha value is -1.17. The molecule has 0 radical (unpaired) electrons. The summed E-state index contributed by atoms with van der Waals surface area (Å²) in [5, 5.41) is 0. The van der Waals surface area contributed by atoms with Crippen molar-refractivity contribution in [3.63, 3.8) is 0 Å². The van der Waals surface area contributed by atoms with E-state index in [4.69, 9.17) is 10.6 Å². The minimum atomic E-state index is 0.460. The van der Waals surface area contributed by atoms with Crippen LogP contribution in [0.5, 0.6) is 0 Å². The van der Waals surface area contributed by atoms with E-state index in [1.54, 1.807) is 7.11 Å². The van der Waals surface area contributed by atoms with Crippen LogP contribution in [-0.2, 0) is 11.3 Å². The number of pyridine rings is 1. The van der Waals surface area contributed by atoms with Gasteiger partial charge in [-0.05, 0) is 26.0 Å². The number of anilines is 1. The molecular weight excluding hydrogens is 216 g/mol. The maximum Gasteiger partial charge on any atom is 0.140 e. The molecule has 0 aliphatic heterocycles. The predicted molar refractivity (Wildman–Crippen MR) is 69.5 cm³/mol. The molecule has 1 rings (SSSR count). The van der Waals surface area contributed by atoms with Crippen molar-refractivity contribution in [3.05, 3.63) is 23.9 Å². The summed E-state index contributed by atoms with van der Waals surface area (Å²) in [4.78, 5) is 6.71. The number of hydrazine groups is 1. The van der Waals surface area contributed by atoms with Crippen LogP contribution in [0.15, 0.2) is 18.2 Å². The summed E-state index contributed by atoms with van der Waals surface area (Å²) in [6.07, 6.45) is 0. The van der Waals surface area contributed by atoms with Crippen LogP contribution in [0.2, 0.25) is 0 Å². The molecule has 1 aromatic heterocycles. The average molecular weight is 238 g/mol. The van der Waals surface area contributed by atoms with Gasteiger partial charge in [-0.2, -0.15) is 0 Å². The number of aromatic nitrogens is 1. The molecule has 0 bridgehead atoms. The first-order chi connectivity index (χ1) is 8.17. The molecule has 0 unspecified atom stereocenters. The molecule has 0 saturated carbocycles. The lowest BCUT2D eigenvalue weighted by Gasteiger charge is -2.25. The Morgan fingerprint density at radius 1 is 1.47 bits per heavy atom. The Kier molecular flexibility index (Phi) is 5.90. The quantitative estimate of drug-likeness (QED) is 0.552. The number of hydrogen-bond donors (Lipinski definition) is 2. The summed E-state index contributed by atoms with van der Waals surface area (Å²) in [6.45, 7) is 6.76. The van der Waals surface area contributed by atoms with Crippen LogP contribution in [0.25, 0.3) is 0 Å². The molecule has 5 heteroatoms. The van der Waals surface area contributed by atoms with E-state index >= 15 is 0 Å². The van der Waals surface area contributed by atoms with E-state index in [0.29, 0.717) is 11.9 Å². The highest BCUT2D eigenvalue weighted by Crippen LogP contribution is 2.08. The summed E-state index contributed by atoms with van der Waals surface area (Å²) in [7, 11) is 1.72. The molecule has 3 N–H and O–H groups in total. The van der Waals surface area contributed by atoms with E-state index in [1.165, 1.54) is 0 Å². The molecule has 0 fully saturated rings. The monoisotopic (exact) mass is 238 g/mol. The van der Waals surface area contributed by atoms with Crippen molar-refractivity contribution < 1.29 is 4.74 Å². The molecule has 0 spiro atoms. The Labute approximate surface area is 103 Å². The molecule has 0 aromatic carbocycles. The summed E-state index contributed by atoms with van der Waals surface area (Å²) in [5.41, 5.74) is 3.56. The van der Waals surface area contributed by atoms with Gasteiger partial charge in [0.15, 0.2) is 0 Å². The second kappa shape index (κ2) is 7.21. The van der Waals surface area contributed by atoms with Crippen LogP contribution in [0, 0.1) is 0 Å². The highest BCUT2D eigenvalue weighted by Gasteiger charge is 2.10. The molecular formula is C12H22N4O. The van der Waals surface area contributed by atoms with Crippen molar-refractivity contribution in [2.24, 2.45) is 5.84 Å². The first kappa shape index (κ1) is 13.9. The molecule has 1 aromatic rings. The van der Waals surface area contributed by atoms with E-state index in [-0.39, 0.29) is 0 Å². The molecule has 1 heterocycles. The van der Waals surface area contributed by atoms with Gasteiger partial charge in [-0.15, -0.1) is 0 Å². The van der Waals surface area contributed by atoms with E-state index < -0.39 is 0 Å². The largest absolute Gasteiger partial charge is 0.383 e. The highest BCUT2D eigenvalue weighted by molar-refractivity contribution is 5.33. The van der Waals surface area contributed by atoms with Gasteiger partial charge < -0.3 is 10.2 Å². The number of nitrogens with two attached hydrogens (primary N) is 1. The van der Waals surface area contributed by atoms with Gasteiger partial charge in [0.1, 0.15) is 5.82 Å². The van der Waals surface area contributed by atoms with Gasteiger partial charge in [0.25, 0.3) is 0 Å². The van der Waals surface area contributed by atoms with E-state index in [0.717, 1.165) is 25.4 Å². The van der Waals surface area contributed by atoms with Crippen LogP contribution in [-0.4, -0.2) is 36.2 Å². The van der Waals surface area contributed by atoms with Gasteiger partial charge in [-0.25, -0.2) is 10.8 Å². The molecule has 0 aliphatic carbocycles. The Bertz CT molecular complexity index is 330. The highest BCUT2D eigenvalue weighted by atomic mass is 16.5. The first-order valence-electron chi connectivity index (χ1n) is 5.83. The van der Waals surface area contributed by atoms with Gasteiger partial charge in [0.2, 0.25) is 0 Å². The fraction of sp³-hybridized carbons (Fsp3) is 0.583. The van der Waals surface area contributed by atoms with Crippen molar-refractivity contribution in [3.8, 4) is 0 Å². The zero-order chi connectivity index (χ0) is 12.7. The lowest BCUT2D eigenvalue weighted by molar-refractivity contribution is 0.124. The molecule has 0 amide bonds. The lowest BCUT2D eigenvalue weighted by atomic mass is 10.2. The standard InChI is InChI=1S/C12H22N4O/c1-10(2)16(7-8-17-3)9-11-5-4-6-12(14-11)15-13/h4-6,10H,7-9,13H2,1-3H3,(H,14,15). The Balaban J connectivity index is 2.64. The third kappa shape index (κ3) is 4.68. The second-order valence-electron chi connectivity index (χ2n) is 4.22. The number of rotatable bonds is 7.